The van der Waals surface area contributed by atoms with Gasteiger partial charge in [0, 0.05) is 18.7 Å². The van der Waals surface area contributed by atoms with Gasteiger partial charge in [-0.1, -0.05) is 6.07 Å². The monoisotopic (exact) mass is 152 g/mol. The summed E-state index contributed by atoms with van der Waals surface area (Å²) in [7, 11) is 0.311. The molecule has 0 aliphatic rings. The van der Waals surface area contributed by atoms with Gasteiger partial charge in [-0.2, -0.15) is 0 Å². The molecule has 1 rings (SSSR count). The van der Waals surface area contributed by atoms with E-state index in [2.05, 4.69) is 10.3 Å². The molecule has 3 N–H and O–H groups in total. The Balaban J connectivity index is 2.83. The molecule has 0 aliphatic heterocycles. The van der Waals surface area contributed by atoms with Gasteiger partial charge in [-0.05, 0) is 6.07 Å². The summed E-state index contributed by atoms with van der Waals surface area (Å²) in [5, 5.41) is 20.2. The molecule has 0 fully saturated rings. The van der Waals surface area contributed by atoms with Gasteiger partial charge in [0.15, 0.2) is 0 Å². The van der Waals surface area contributed by atoms with Gasteiger partial charge >= 0.3 is 7.12 Å². The molecule has 1 aromatic heterocycles. The Hall–Kier alpha value is -1.07. The quantitative estimate of drug-likeness (QED) is 0.466. The highest BCUT2D eigenvalue weighted by Crippen LogP contribution is 1.95. The van der Waals surface area contributed by atoms with E-state index in [1.54, 1.807) is 19.2 Å². The van der Waals surface area contributed by atoms with Crippen LogP contribution >= 0.6 is 0 Å². The topological polar surface area (TPSA) is 65.4 Å². The summed E-state index contributed by atoms with van der Waals surface area (Å²) in [5.74, 6) is 0.703. The molecular weight excluding hydrogens is 143 g/mol. The second-order valence-electron chi connectivity index (χ2n) is 2.10. The van der Waals surface area contributed by atoms with Crippen LogP contribution in [0.5, 0.6) is 0 Å². The van der Waals surface area contributed by atoms with Crippen LogP contribution < -0.4 is 10.8 Å². The van der Waals surface area contributed by atoms with E-state index < -0.39 is 7.12 Å². The van der Waals surface area contributed by atoms with Crippen molar-refractivity contribution < 1.29 is 10.0 Å². The summed E-state index contributed by atoms with van der Waals surface area (Å²) in [6.45, 7) is 0. The van der Waals surface area contributed by atoms with Crippen LogP contribution in [-0.2, 0) is 0 Å². The first-order valence-corrected chi connectivity index (χ1v) is 3.24. The van der Waals surface area contributed by atoms with E-state index in [1.807, 2.05) is 0 Å². The molecule has 0 saturated carbocycles. The van der Waals surface area contributed by atoms with Crippen LogP contribution in [0.25, 0.3) is 0 Å². The van der Waals surface area contributed by atoms with Crippen molar-refractivity contribution in [2.75, 3.05) is 12.4 Å². The third-order valence-corrected chi connectivity index (χ3v) is 1.34. The zero-order chi connectivity index (χ0) is 8.27. The lowest BCUT2D eigenvalue weighted by Crippen LogP contribution is -2.29. The summed E-state index contributed by atoms with van der Waals surface area (Å²) < 4.78 is 0. The SMILES string of the molecule is CNc1ccc(B(O)O)cn1. The lowest BCUT2D eigenvalue weighted by atomic mass is 9.82. The minimum absolute atomic E-state index is 0.393. The van der Waals surface area contributed by atoms with Crippen molar-refractivity contribution >= 4 is 18.4 Å². The molecule has 0 amide bonds. The zero-order valence-corrected chi connectivity index (χ0v) is 6.15. The normalized spacial score (nSPS) is 9.36. The molecule has 0 spiro atoms. The average Bonchev–Trinajstić information content (AvgIpc) is 2.05. The van der Waals surface area contributed by atoms with Crippen molar-refractivity contribution in [3.63, 3.8) is 0 Å². The Bertz CT molecular complexity index is 225. The van der Waals surface area contributed by atoms with E-state index in [0.717, 1.165) is 0 Å². The summed E-state index contributed by atoms with van der Waals surface area (Å²) in [6, 6.07) is 3.28. The lowest BCUT2D eigenvalue weighted by molar-refractivity contribution is 0.425. The number of pyridine rings is 1. The summed E-state index contributed by atoms with van der Waals surface area (Å²) in [6.07, 6.45) is 1.41. The van der Waals surface area contributed by atoms with Crippen LogP contribution in [-0.4, -0.2) is 29.2 Å². The second-order valence-corrected chi connectivity index (χ2v) is 2.10. The maximum Gasteiger partial charge on any atom is 0.490 e. The molecule has 5 heteroatoms. The standard InChI is InChI=1S/C6H9BN2O2/c1-8-6-3-2-5(4-9-6)7(10)11/h2-4,10-11H,1H3,(H,8,9). The Labute approximate surface area is 65.0 Å². The highest BCUT2D eigenvalue weighted by atomic mass is 16.4. The minimum Gasteiger partial charge on any atom is -0.423 e. The third-order valence-electron chi connectivity index (χ3n) is 1.34. The molecule has 1 aromatic rings. The molecule has 0 bridgehead atoms. The lowest BCUT2D eigenvalue weighted by Gasteiger charge is -2.00. The van der Waals surface area contributed by atoms with Crippen molar-refractivity contribution in [2.45, 2.75) is 0 Å². The molecule has 0 unspecified atom stereocenters. The van der Waals surface area contributed by atoms with Crippen LogP contribution in [0.2, 0.25) is 0 Å². The highest BCUT2D eigenvalue weighted by molar-refractivity contribution is 6.58. The predicted molar refractivity (Wildman–Crippen MR) is 43.6 cm³/mol. The Morgan fingerprint density at radius 3 is 2.55 bits per heavy atom. The molecule has 4 nitrogen and oxygen atoms in total. The van der Waals surface area contributed by atoms with Crippen LogP contribution in [0.4, 0.5) is 5.82 Å². The fraction of sp³-hybridized carbons (Fsp3) is 0.167. The fourth-order valence-electron chi connectivity index (χ4n) is 0.706. The number of aromatic nitrogens is 1. The van der Waals surface area contributed by atoms with Crippen LogP contribution in [0, 0.1) is 0 Å². The zero-order valence-electron chi connectivity index (χ0n) is 6.15. The number of rotatable bonds is 2. The number of nitrogens with one attached hydrogen (secondary N) is 1. The smallest absolute Gasteiger partial charge is 0.423 e. The minimum atomic E-state index is -1.44. The van der Waals surface area contributed by atoms with Crippen molar-refractivity contribution in [2.24, 2.45) is 0 Å². The molecule has 0 aliphatic carbocycles. The van der Waals surface area contributed by atoms with Crippen molar-refractivity contribution in [1.29, 1.82) is 0 Å². The maximum absolute atomic E-state index is 8.68. The highest BCUT2D eigenvalue weighted by Gasteiger charge is 2.09. The van der Waals surface area contributed by atoms with Gasteiger partial charge in [-0.3, -0.25) is 0 Å². The van der Waals surface area contributed by atoms with E-state index in [0.29, 0.717) is 11.3 Å². The van der Waals surface area contributed by atoms with Gasteiger partial charge in [-0.15, -0.1) is 0 Å². The number of hydrogen-bond acceptors (Lipinski definition) is 4. The van der Waals surface area contributed by atoms with Crippen LogP contribution in [0.3, 0.4) is 0 Å². The first-order chi connectivity index (χ1) is 5.24. The van der Waals surface area contributed by atoms with Gasteiger partial charge in [-0.25, -0.2) is 4.98 Å². The largest absolute Gasteiger partial charge is 0.490 e. The summed E-state index contributed by atoms with van der Waals surface area (Å²) >= 11 is 0. The Kier molecular flexibility index (Phi) is 2.46. The Morgan fingerprint density at radius 1 is 1.45 bits per heavy atom. The van der Waals surface area contributed by atoms with E-state index in [4.69, 9.17) is 10.0 Å². The van der Waals surface area contributed by atoms with Gasteiger partial charge in [0.1, 0.15) is 5.82 Å². The average molecular weight is 152 g/mol. The van der Waals surface area contributed by atoms with Crippen LogP contribution in [0.15, 0.2) is 18.3 Å². The van der Waals surface area contributed by atoms with Gasteiger partial charge in [0.05, 0.1) is 0 Å². The number of anilines is 1. The van der Waals surface area contributed by atoms with Crippen molar-refractivity contribution in [1.82, 2.24) is 4.98 Å². The summed E-state index contributed by atoms with van der Waals surface area (Å²) in [5.41, 5.74) is 0.393. The summed E-state index contributed by atoms with van der Waals surface area (Å²) in [4.78, 5) is 3.89. The first kappa shape index (κ1) is 8.04. The second kappa shape index (κ2) is 3.36. The van der Waals surface area contributed by atoms with E-state index in [9.17, 15) is 0 Å². The van der Waals surface area contributed by atoms with Crippen molar-refractivity contribution in [3.05, 3.63) is 18.3 Å². The van der Waals surface area contributed by atoms with Crippen LogP contribution in [0.1, 0.15) is 0 Å². The number of nitrogens with zero attached hydrogens (tertiary/aromatic N) is 1. The van der Waals surface area contributed by atoms with E-state index in [1.165, 1.54) is 6.20 Å². The van der Waals surface area contributed by atoms with E-state index in [-0.39, 0.29) is 0 Å². The maximum atomic E-state index is 8.68. The molecule has 0 aromatic carbocycles. The molecule has 11 heavy (non-hydrogen) atoms. The van der Waals surface area contributed by atoms with Gasteiger partial charge in [0.25, 0.3) is 0 Å². The van der Waals surface area contributed by atoms with Gasteiger partial charge < -0.3 is 15.4 Å². The molecular formula is C6H9BN2O2. The molecule has 1 heterocycles. The van der Waals surface area contributed by atoms with Crippen molar-refractivity contribution in [3.8, 4) is 0 Å². The first-order valence-electron chi connectivity index (χ1n) is 3.24. The molecule has 0 atom stereocenters. The predicted octanol–water partition coefficient (Wildman–Crippen LogP) is -1.20. The van der Waals surface area contributed by atoms with E-state index >= 15 is 0 Å². The molecule has 0 saturated heterocycles. The van der Waals surface area contributed by atoms with Gasteiger partial charge in [0.2, 0.25) is 0 Å². The third kappa shape index (κ3) is 1.93. The fourth-order valence-corrected chi connectivity index (χ4v) is 0.706. The molecule has 0 radical (unpaired) electrons. The number of hydrogen-bond donors (Lipinski definition) is 3. The molecule has 58 valence electrons. The Morgan fingerprint density at radius 2 is 2.18 bits per heavy atom.